The molecule has 0 aromatic heterocycles. The van der Waals surface area contributed by atoms with E-state index in [4.69, 9.17) is 0 Å². The highest BCUT2D eigenvalue weighted by Crippen LogP contribution is 2.49. The molecule has 3 aromatic carbocycles. The topological polar surface area (TPSA) is 40.5 Å². The van der Waals surface area contributed by atoms with Crippen LogP contribution in [0.4, 0.5) is 5.69 Å². The molecule has 1 amide bonds. The average molecular weight is 355 g/mol. The summed E-state index contributed by atoms with van der Waals surface area (Å²) in [5.41, 5.74) is 1.57. The predicted octanol–water partition coefficient (Wildman–Crippen LogP) is 4.39. The van der Waals surface area contributed by atoms with E-state index in [9.17, 15) is 9.90 Å². The summed E-state index contributed by atoms with van der Waals surface area (Å²) < 4.78 is 0. The summed E-state index contributed by atoms with van der Waals surface area (Å²) in [7, 11) is 0. The number of hydrogen-bond acceptors (Lipinski definition) is 2. The lowest BCUT2D eigenvalue weighted by Gasteiger charge is -2.30. The zero-order valence-electron chi connectivity index (χ0n) is 15.0. The van der Waals surface area contributed by atoms with Crippen LogP contribution in [0.2, 0.25) is 0 Å². The van der Waals surface area contributed by atoms with Crippen molar-refractivity contribution in [3.8, 4) is 0 Å². The molecule has 0 fully saturated rings. The van der Waals surface area contributed by atoms with Gasteiger partial charge in [0, 0.05) is 11.5 Å². The third kappa shape index (κ3) is 2.77. The quantitative estimate of drug-likeness (QED) is 0.690. The summed E-state index contributed by atoms with van der Waals surface area (Å²) >= 11 is 0. The van der Waals surface area contributed by atoms with Crippen molar-refractivity contribution < 1.29 is 9.90 Å². The van der Waals surface area contributed by atoms with Gasteiger partial charge in [0.1, 0.15) is 0 Å². The van der Waals surface area contributed by atoms with Gasteiger partial charge in [-0.05, 0) is 17.2 Å². The van der Waals surface area contributed by atoms with Crippen LogP contribution in [0.1, 0.15) is 22.6 Å². The number of nitrogens with zero attached hydrogens (tertiary/aromatic N) is 1. The largest absolute Gasteiger partial charge is 0.374 e. The number of hydrogen-bond donors (Lipinski definition) is 1. The van der Waals surface area contributed by atoms with Gasteiger partial charge in [-0.15, -0.1) is 6.58 Å². The Morgan fingerprint density at radius 3 is 2.19 bits per heavy atom. The minimum absolute atomic E-state index is 0.318. The maximum atomic E-state index is 13.5. The van der Waals surface area contributed by atoms with Crippen molar-refractivity contribution >= 4 is 11.6 Å². The first-order chi connectivity index (χ1) is 13.2. The Morgan fingerprint density at radius 1 is 0.926 bits per heavy atom. The summed E-state index contributed by atoms with van der Waals surface area (Å²) in [5.74, 6) is -0.852. The third-order valence-electron chi connectivity index (χ3n) is 5.20. The summed E-state index contributed by atoms with van der Waals surface area (Å²) in [6.07, 6.45) is 1.66. The highest BCUT2D eigenvalue weighted by Gasteiger charge is 2.54. The zero-order chi connectivity index (χ0) is 18.9. The fourth-order valence-electron chi connectivity index (χ4n) is 3.89. The molecular formula is C24H21NO2. The van der Waals surface area contributed by atoms with Gasteiger partial charge in [-0.2, -0.15) is 0 Å². The molecule has 0 saturated carbocycles. The number of anilines is 1. The van der Waals surface area contributed by atoms with Crippen LogP contribution in [0.25, 0.3) is 0 Å². The maximum Gasteiger partial charge on any atom is 0.264 e. The smallest absolute Gasteiger partial charge is 0.264 e. The first kappa shape index (κ1) is 17.3. The summed E-state index contributed by atoms with van der Waals surface area (Å²) in [6, 6.07) is 26.8. The Kier molecular flexibility index (Phi) is 4.38. The van der Waals surface area contributed by atoms with Crippen LogP contribution in [0.5, 0.6) is 0 Å². The standard InChI is InChI=1S/C24H21NO2/c1-2-20(19-13-7-4-8-14-19)24(27)21-15-9-10-16-22(21)25(23(24)26)17-18-11-5-3-6-12-18/h2-16,20,27H,1,17H2. The zero-order valence-corrected chi connectivity index (χ0v) is 15.0. The number of aliphatic hydroxyl groups is 1. The van der Waals surface area contributed by atoms with Crippen molar-refractivity contribution in [2.75, 3.05) is 4.90 Å². The molecule has 1 heterocycles. The lowest BCUT2D eigenvalue weighted by molar-refractivity contribution is -0.137. The van der Waals surface area contributed by atoms with Crippen LogP contribution >= 0.6 is 0 Å². The van der Waals surface area contributed by atoms with E-state index in [2.05, 4.69) is 6.58 Å². The van der Waals surface area contributed by atoms with Gasteiger partial charge in [0.15, 0.2) is 5.60 Å². The molecular weight excluding hydrogens is 334 g/mol. The van der Waals surface area contributed by atoms with Crippen molar-refractivity contribution in [1.29, 1.82) is 0 Å². The van der Waals surface area contributed by atoms with Crippen LogP contribution in [0.3, 0.4) is 0 Å². The summed E-state index contributed by atoms with van der Waals surface area (Å²) in [4.78, 5) is 15.2. The first-order valence-corrected chi connectivity index (χ1v) is 9.01. The van der Waals surface area contributed by atoms with E-state index in [1.54, 1.807) is 11.0 Å². The molecule has 2 unspecified atom stereocenters. The Balaban J connectivity index is 1.82. The van der Waals surface area contributed by atoms with Gasteiger partial charge < -0.3 is 10.0 Å². The normalized spacial score (nSPS) is 19.6. The lowest BCUT2D eigenvalue weighted by Crippen LogP contribution is -2.44. The van der Waals surface area contributed by atoms with Crippen LogP contribution in [0.15, 0.2) is 97.6 Å². The summed E-state index contributed by atoms with van der Waals surface area (Å²) in [6.45, 7) is 4.33. The van der Waals surface area contributed by atoms with Crippen molar-refractivity contribution in [3.05, 3.63) is 114 Å². The minimum Gasteiger partial charge on any atom is -0.374 e. The second-order valence-corrected chi connectivity index (χ2v) is 6.78. The number of para-hydroxylation sites is 1. The molecule has 3 aromatic rings. The second kappa shape index (κ2) is 6.86. The van der Waals surface area contributed by atoms with Crippen LogP contribution in [0, 0.1) is 0 Å². The maximum absolute atomic E-state index is 13.5. The number of benzene rings is 3. The Labute approximate surface area is 159 Å². The van der Waals surface area contributed by atoms with E-state index >= 15 is 0 Å². The van der Waals surface area contributed by atoms with Gasteiger partial charge in [-0.3, -0.25) is 4.79 Å². The molecule has 4 rings (SSSR count). The second-order valence-electron chi connectivity index (χ2n) is 6.78. The van der Waals surface area contributed by atoms with Gasteiger partial charge in [0.2, 0.25) is 0 Å². The molecule has 3 heteroatoms. The van der Waals surface area contributed by atoms with Gasteiger partial charge in [0.25, 0.3) is 5.91 Å². The Bertz CT molecular complexity index is 968. The van der Waals surface area contributed by atoms with Gasteiger partial charge in [-0.25, -0.2) is 0 Å². The van der Waals surface area contributed by atoms with E-state index in [1.807, 2.05) is 84.9 Å². The van der Waals surface area contributed by atoms with Crippen LogP contribution < -0.4 is 4.90 Å². The molecule has 3 nitrogen and oxygen atoms in total. The molecule has 0 spiro atoms. The molecule has 0 bridgehead atoms. The van der Waals surface area contributed by atoms with Crippen molar-refractivity contribution in [3.63, 3.8) is 0 Å². The van der Waals surface area contributed by atoms with Gasteiger partial charge in [-0.1, -0.05) is 84.9 Å². The number of fused-ring (bicyclic) bond motifs is 1. The SMILES string of the molecule is C=CC(c1ccccc1)C1(O)C(=O)N(Cc2ccccc2)c2ccccc21. The number of rotatable bonds is 5. The Morgan fingerprint density at radius 2 is 1.52 bits per heavy atom. The van der Waals surface area contributed by atoms with Crippen LogP contribution in [-0.2, 0) is 16.9 Å². The lowest BCUT2D eigenvalue weighted by atomic mass is 9.78. The average Bonchev–Trinajstić information content (AvgIpc) is 2.93. The monoisotopic (exact) mass is 355 g/mol. The van der Waals surface area contributed by atoms with Crippen molar-refractivity contribution in [2.24, 2.45) is 0 Å². The van der Waals surface area contributed by atoms with Gasteiger partial charge >= 0.3 is 0 Å². The number of carbonyl (C=O) groups excluding carboxylic acids is 1. The fourth-order valence-corrected chi connectivity index (χ4v) is 3.89. The number of amides is 1. The first-order valence-electron chi connectivity index (χ1n) is 9.01. The van der Waals surface area contributed by atoms with E-state index in [-0.39, 0.29) is 5.91 Å². The Hall–Kier alpha value is -3.17. The third-order valence-corrected chi connectivity index (χ3v) is 5.20. The molecule has 1 aliphatic rings. The molecule has 1 aliphatic heterocycles. The molecule has 134 valence electrons. The van der Waals surface area contributed by atoms with E-state index in [0.717, 1.165) is 16.8 Å². The van der Waals surface area contributed by atoms with Crippen molar-refractivity contribution in [1.82, 2.24) is 0 Å². The molecule has 2 atom stereocenters. The van der Waals surface area contributed by atoms with E-state index in [0.29, 0.717) is 12.1 Å². The molecule has 27 heavy (non-hydrogen) atoms. The molecule has 1 N–H and O–H groups in total. The highest BCUT2D eigenvalue weighted by atomic mass is 16.3. The van der Waals surface area contributed by atoms with E-state index in [1.165, 1.54) is 0 Å². The highest BCUT2D eigenvalue weighted by molar-refractivity contribution is 6.07. The molecule has 0 aliphatic carbocycles. The number of carbonyl (C=O) groups is 1. The minimum atomic E-state index is -1.67. The van der Waals surface area contributed by atoms with Crippen LogP contribution in [-0.4, -0.2) is 11.0 Å². The van der Waals surface area contributed by atoms with Crippen molar-refractivity contribution in [2.45, 2.75) is 18.1 Å². The van der Waals surface area contributed by atoms with E-state index < -0.39 is 11.5 Å². The molecule has 0 radical (unpaired) electrons. The predicted molar refractivity (Wildman–Crippen MR) is 107 cm³/mol. The molecule has 0 saturated heterocycles. The summed E-state index contributed by atoms with van der Waals surface area (Å²) in [5, 5.41) is 11.7. The van der Waals surface area contributed by atoms with Gasteiger partial charge in [0.05, 0.1) is 12.2 Å². The fraction of sp³-hybridized carbons (Fsp3) is 0.125.